The van der Waals surface area contributed by atoms with Crippen molar-refractivity contribution in [3.05, 3.63) is 59.7 Å². The lowest BCUT2D eigenvalue weighted by Crippen LogP contribution is -2.33. The van der Waals surface area contributed by atoms with Gasteiger partial charge in [-0.3, -0.25) is 0 Å². The van der Waals surface area contributed by atoms with Crippen LogP contribution in [0.3, 0.4) is 0 Å². The van der Waals surface area contributed by atoms with E-state index in [0.29, 0.717) is 0 Å². The molecule has 2 rings (SSSR count). The summed E-state index contributed by atoms with van der Waals surface area (Å²) in [5, 5.41) is 9.00. The van der Waals surface area contributed by atoms with E-state index in [-0.39, 0.29) is 5.56 Å². The number of aliphatic hydroxyl groups is 1. The number of hydrogen-bond donors (Lipinski definition) is 1. The Balaban J connectivity index is 2.31. The lowest BCUT2D eigenvalue weighted by molar-refractivity contribution is -0.253. The number of ether oxygens (including phenoxy) is 1. The van der Waals surface area contributed by atoms with Gasteiger partial charge in [0.1, 0.15) is 17.4 Å². The van der Waals surface area contributed by atoms with Crippen LogP contribution in [-0.4, -0.2) is 37.0 Å². The number of aliphatic hydroxyl groups excluding tert-OH is 1. The third kappa shape index (κ3) is 6.94. The maximum absolute atomic E-state index is 14.3. The minimum absolute atomic E-state index is 0.0868. The SMILES string of the molecule is OCC(CCN(Cc1cccc(OC(F)(F)C(F)F)c1)c1cc(F)ccc1F)C(F)(F)F. The molecule has 1 atom stereocenters. The standard InChI is InChI=1S/C20H18F9NO2/c21-14-4-5-16(22)17(9-14)30(7-6-13(11-31)19(25,26)27)10-12-2-1-3-15(8-12)32-20(28,29)18(23)24/h1-5,8-9,13,18,31H,6-7,10-11H2. The highest BCUT2D eigenvalue weighted by molar-refractivity contribution is 5.49. The number of rotatable bonds is 10. The van der Waals surface area contributed by atoms with E-state index in [1.807, 2.05) is 0 Å². The van der Waals surface area contributed by atoms with Crippen molar-refractivity contribution < 1.29 is 49.4 Å². The van der Waals surface area contributed by atoms with E-state index in [0.717, 1.165) is 35.2 Å². The monoisotopic (exact) mass is 475 g/mol. The molecule has 1 N–H and O–H groups in total. The van der Waals surface area contributed by atoms with E-state index >= 15 is 0 Å². The molecular weight excluding hydrogens is 457 g/mol. The number of anilines is 1. The molecule has 32 heavy (non-hydrogen) atoms. The maximum atomic E-state index is 14.3. The van der Waals surface area contributed by atoms with Crippen LogP contribution in [0.25, 0.3) is 0 Å². The summed E-state index contributed by atoms with van der Waals surface area (Å²) in [4.78, 5) is 1.01. The molecule has 1 unspecified atom stereocenters. The van der Waals surface area contributed by atoms with Crippen LogP contribution in [0.4, 0.5) is 45.2 Å². The Morgan fingerprint density at radius 1 is 0.969 bits per heavy atom. The third-order valence-corrected chi connectivity index (χ3v) is 4.46. The van der Waals surface area contributed by atoms with Crippen LogP contribution < -0.4 is 9.64 Å². The van der Waals surface area contributed by atoms with Crippen molar-refractivity contribution in [1.82, 2.24) is 0 Å². The molecule has 2 aromatic rings. The molecule has 12 heteroatoms. The first-order valence-corrected chi connectivity index (χ1v) is 9.15. The van der Waals surface area contributed by atoms with Gasteiger partial charge >= 0.3 is 18.7 Å². The summed E-state index contributed by atoms with van der Waals surface area (Å²) < 4.78 is 122. The Bertz CT molecular complexity index is 890. The van der Waals surface area contributed by atoms with Crippen molar-refractivity contribution in [2.75, 3.05) is 18.1 Å². The number of alkyl halides is 7. The molecule has 2 aromatic carbocycles. The molecule has 0 bridgehead atoms. The van der Waals surface area contributed by atoms with Crippen LogP contribution in [0.15, 0.2) is 42.5 Å². The van der Waals surface area contributed by atoms with E-state index in [4.69, 9.17) is 5.11 Å². The largest absolute Gasteiger partial charge is 0.461 e. The Morgan fingerprint density at radius 2 is 1.66 bits per heavy atom. The second-order valence-corrected chi connectivity index (χ2v) is 6.84. The average molecular weight is 475 g/mol. The second-order valence-electron chi connectivity index (χ2n) is 6.84. The summed E-state index contributed by atoms with van der Waals surface area (Å²) in [6.45, 7) is -2.12. The van der Waals surface area contributed by atoms with Crippen molar-refractivity contribution in [3.8, 4) is 5.75 Å². The predicted molar refractivity (Wildman–Crippen MR) is 96.7 cm³/mol. The van der Waals surface area contributed by atoms with E-state index in [1.54, 1.807) is 0 Å². The molecular formula is C20H18F9NO2. The van der Waals surface area contributed by atoms with Gasteiger partial charge in [-0.1, -0.05) is 12.1 Å². The Kier molecular flexibility index (Phi) is 8.27. The van der Waals surface area contributed by atoms with Crippen LogP contribution >= 0.6 is 0 Å². The van der Waals surface area contributed by atoms with E-state index in [9.17, 15) is 39.5 Å². The number of nitrogens with zero attached hydrogens (tertiary/aromatic N) is 1. The van der Waals surface area contributed by atoms with E-state index < -0.39 is 73.8 Å². The van der Waals surface area contributed by atoms with Crippen molar-refractivity contribution >= 4 is 5.69 Å². The van der Waals surface area contributed by atoms with Crippen LogP contribution in [0.2, 0.25) is 0 Å². The Hall–Kier alpha value is -2.63. The molecule has 0 spiro atoms. The number of hydrogen-bond acceptors (Lipinski definition) is 3. The molecule has 0 aliphatic heterocycles. The van der Waals surface area contributed by atoms with Crippen LogP contribution in [0, 0.1) is 17.6 Å². The lowest BCUT2D eigenvalue weighted by Gasteiger charge is -2.28. The van der Waals surface area contributed by atoms with Gasteiger partial charge in [0, 0.05) is 19.2 Å². The van der Waals surface area contributed by atoms with Crippen molar-refractivity contribution in [1.29, 1.82) is 0 Å². The molecule has 0 heterocycles. The third-order valence-electron chi connectivity index (χ3n) is 4.46. The zero-order valence-corrected chi connectivity index (χ0v) is 16.2. The van der Waals surface area contributed by atoms with Crippen LogP contribution in [-0.2, 0) is 6.54 Å². The molecule has 0 aliphatic carbocycles. The van der Waals surface area contributed by atoms with Crippen molar-refractivity contribution in [2.24, 2.45) is 5.92 Å². The van der Waals surface area contributed by atoms with Crippen LogP contribution in [0.1, 0.15) is 12.0 Å². The highest BCUT2D eigenvalue weighted by Crippen LogP contribution is 2.32. The predicted octanol–water partition coefficient (Wildman–Crippen LogP) is 5.77. The summed E-state index contributed by atoms with van der Waals surface area (Å²) in [5.74, 6) is -4.64. The summed E-state index contributed by atoms with van der Waals surface area (Å²) >= 11 is 0. The molecule has 0 saturated carbocycles. The van der Waals surface area contributed by atoms with Gasteiger partial charge in [-0.15, -0.1) is 0 Å². The fourth-order valence-electron chi connectivity index (χ4n) is 2.81. The van der Waals surface area contributed by atoms with Crippen LogP contribution in [0.5, 0.6) is 5.75 Å². The summed E-state index contributed by atoms with van der Waals surface area (Å²) in [6.07, 6.45) is -14.3. The number of halogens is 9. The Morgan fingerprint density at radius 3 is 2.25 bits per heavy atom. The molecule has 0 amide bonds. The van der Waals surface area contributed by atoms with Crippen molar-refractivity contribution in [3.63, 3.8) is 0 Å². The Labute approximate surface area is 177 Å². The molecule has 0 radical (unpaired) electrons. The average Bonchev–Trinajstić information content (AvgIpc) is 2.68. The fraction of sp³-hybridized carbons (Fsp3) is 0.400. The van der Waals surface area contributed by atoms with Gasteiger partial charge in [0.2, 0.25) is 0 Å². The topological polar surface area (TPSA) is 32.7 Å². The highest BCUT2D eigenvalue weighted by atomic mass is 19.4. The number of benzene rings is 2. The fourth-order valence-corrected chi connectivity index (χ4v) is 2.81. The summed E-state index contributed by atoms with van der Waals surface area (Å²) in [6, 6.07) is 6.65. The second kappa shape index (κ2) is 10.3. The molecule has 178 valence electrons. The van der Waals surface area contributed by atoms with Gasteiger partial charge in [-0.25, -0.2) is 8.78 Å². The molecule has 0 aliphatic rings. The summed E-state index contributed by atoms with van der Waals surface area (Å²) in [5.41, 5.74) is -0.322. The first-order chi connectivity index (χ1) is 14.8. The highest BCUT2D eigenvalue weighted by Gasteiger charge is 2.44. The van der Waals surface area contributed by atoms with Crippen molar-refractivity contribution in [2.45, 2.75) is 31.7 Å². The summed E-state index contributed by atoms with van der Waals surface area (Å²) in [7, 11) is 0. The minimum atomic E-state index is -4.78. The van der Waals surface area contributed by atoms with Gasteiger partial charge in [-0.2, -0.15) is 30.7 Å². The van der Waals surface area contributed by atoms with E-state index in [1.165, 1.54) is 12.1 Å². The first-order valence-electron chi connectivity index (χ1n) is 9.15. The molecule has 0 aromatic heterocycles. The quantitative estimate of drug-likeness (QED) is 0.443. The molecule has 0 fully saturated rings. The zero-order valence-electron chi connectivity index (χ0n) is 16.2. The normalized spacial score (nSPS) is 13.3. The van der Waals surface area contributed by atoms with Gasteiger partial charge in [-0.05, 0) is 36.2 Å². The lowest BCUT2D eigenvalue weighted by atomic mass is 10.1. The first kappa shape index (κ1) is 25.6. The minimum Gasteiger partial charge on any atom is -0.428 e. The van der Waals surface area contributed by atoms with Gasteiger partial charge in [0.25, 0.3) is 0 Å². The van der Waals surface area contributed by atoms with Gasteiger partial charge in [0.05, 0.1) is 18.2 Å². The zero-order chi connectivity index (χ0) is 24.1. The van der Waals surface area contributed by atoms with Gasteiger partial charge < -0.3 is 14.7 Å². The molecule has 0 saturated heterocycles. The molecule has 3 nitrogen and oxygen atoms in total. The maximum Gasteiger partial charge on any atom is 0.461 e. The van der Waals surface area contributed by atoms with Gasteiger partial charge in [0.15, 0.2) is 0 Å². The van der Waals surface area contributed by atoms with E-state index in [2.05, 4.69) is 4.74 Å². The smallest absolute Gasteiger partial charge is 0.428 e.